The second-order valence-electron chi connectivity index (χ2n) is 4.62. The molecule has 1 fully saturated rings. The van der Waals surface area contributed by atoms with E-state index in [1.165, 1.54) is 19.3 Å². The van der Waals surface area contributed by atoms with Gasteiger partial charge in [-0.15, -0.1) is 0 Å². The summed E-state index contributed by atoms with van der Waals surface area (Å²) in [6, 6.07) is 0. The summed E-state index contributed by atoms with van der Waals surface area (Å²) in [5.41, 5.74) is 5.40. The van der Waals surface area contributed by atoms with E-state index in [-0.39, 0.29) is 5.91 Å². The van der Waals surface area contributed by atoms with Crippen molar-refractivity contribution in [2.24, 2.45) is 5.73 Å². The Morgan fingerprint density at radius 1 is 1.38 bits per heavy atom. The fourth-order valence-electron chi connectivity index (χ4n) is 1.98. The Morgan fingerprint density at radius 3 is 2.62 bits per heavy atom. The summed E-state index contributed by atoms with van der Waals surface area (Å²) >= 11 is 1.90. The standard InChI is InChI=1S/C12H24N2OS/c1-16-12(7-5-8-12)10-14-11(15)6-3-2-4-9-13/h2-10,13H2,1H3,(H,14,15). The maximum Gasteiger partial charge on any atom is 0.220 e. The molecule has 0 unspecified atom stereocenters. The molecule has 0 spiro atoms. The molecule has 4 heteroatoms. The largest absolute Gasteiger partial charge is 0.355 e. The number of amides is 1. The molecule has 1 aliphatic rings. The van der Waals surface area contributed by atoms with Crippen molar-refractivity contribution in [2.45, 2.75) is 49.7 Å². The Kier molecular flexibility index (Phi) is 6.21. The van der Waals surface area contributed by atoms with Crippen molar-refractivity contribution in [2.75, 3.05) is 19.3 Å². The highest BCUT2D eigenvalue weighted by Crippen LogP contribution is 2.42. The maximum atomic E-state index is 11.6. The first kappa shape index (κ1) is 13.8. The Labute approximate surface area is 103 Å². The van der Waals surface area contributed by atoms with Crippen molar-refractivity contribution < 1.29 is 4.79 Å². The van der Waals surface area contributed by atoms with Crippen LogP contribution in [0.2, 0.25) is 0 Å². The highest BCUT2D eigenvalue weighted by molar-refractivity contribution is 8.00. The Bertz CT molecular complexity index is 212. The van der Waals surface area contributed by atoms with E-state index in [1.54, 1.807) is 0 Å². The normalized spacial score (nSPS) is 17.9. The third-order valence-corrected chi connectivity index (χ3v) is 4.83. The van der Waals surface area contributed by atoms with Crippen molar-refractivity contribution in [3.8, 4) is 0 Å². The van der Waals surface area contributed by atoms with E-state index in [4.69, 9.17) is 5.73 Å². The first-order valence-corrected chi connectivity index (χ1v) is 7.47. The SMILES string of the molecule is CSC1(CNC(=O)CCCCCN)CCC1. The highest BCUT2D eigenvalue weighted by atomic mass is 32.2. The van der Waals surface area contributed by atoms with E-state index in [9.17, 15) is 4.79 Å². The summed E-state index contributed by atoms with van der Waals surface area (Å²) in [6.07, 6.45) is 9.68. The molecule has 0 radical (unpaired) electrons. The van der Waals surface area contributed by atoms with E-state index in [1.807, 2.05) is 11.8 Å². The van der Waals surface area contributed by atoms with Gasteiger partial charge in [-0.25, -0.2) is 0 Å². The minimum absolute atomic E-state index is 0.206. The van der Waals surface area contributed by atoms with Crippen LogP contribution in [0.1, 0.15) is 44.9 Å². The number of carbonyl (C=O) groups is 1. The van der Waals surface area contributed by atoms with Crippen LogP contribution in [0, 0.1) is 0 Å². The topological polar surface area (TPSA) is 55.1 Å². The molecule has 0 aromatic heterocycles. The van der Waals surface area contributed by atoms with Crippen molar-refractivity contribution in [3.63, 3.8) is 0 Å². The zero-order valence-electron chi connectivity index (χ0n) is 10.3. The lowest BCUT2D eigenvalue weighted by atomic mass is 9.84. The van der Waals surface area contributed by atoms with Gasteiger partial charge in [0, 0.05) is 17.7 Å². The molecular weight excluding hydrogens is 220 g/mol. The molecule has 94 valence electrons. The van der Waals surface area contributed by atoms with Gasteiger partial charge in [-0.05, 0) is 38.5 Å². The molecule has 0 aliphatic heterocycles. The molecule has 0 bridgehead atoms. The lowest BCUT2D eigenvalue weighted by Crippen LogP contribution is -2.45. The molecule has 0 aromatic carbocycles. The average Bonchev–Trinajstić information content (AvgIpc) is 2.24. The molecule has 1 saturated carbocycles. The number of rotatable bonds is 8. The molecule has 1 aliphatic carbocycles. The van der Waals surface area contributed by atoms with Gasteiger partial charge in [-0.3, -0.25) is 4.79 Å². The highest BCUT2D eigenvalue weighted by Gasteiger charge is 2.36. The van der Waals surface area contributed by atoms with E-state index in [0.717, 1.165) is 32.4 Å². The van der Waals surface area contributed by atoms with Crippen molar-refractivity contribution in [3.05, 3.63) is 0 Å². The fraction of sp³-hybridized carbons (Fsp3) is 0.917. The molecular formula is C12H24N2OS. The van der Waals surface area contributed by atoms with Gasteiger partial charge < -0.3 is 11.1 Å². The van der Waals surface area contributed by atoms with Crippen LogP contribution in [-0.4, -0.2) is 30.0 Å². The van der Waals surface area contributed by atoms with Crippen molar-refractivity contribution in [1.82, 2.24) is 5.32 Å². The fourth-order valence-corrected chi connectivity index (χ4v) is 2.89. The Morgan fingerprint density at radius 2 is 2.12 bits per heavy atom. The monoisotopic (exact) mass is 244 g/mol. The number of nitrogens with two attached hydrogens (primary N) is 1. The van der Waals surface area contributed by atoms with Crippen LogP contribution in [0.15, 0.2) is 0 Å². The minimum atomic E-state index is 0.206. The Balaban J connectivity index is 2.05. The summed E-state index contributed by atoms with van der Waals surface area (Å²) < 4.78 is 0.354. The molecule has 3 N–H and O–H groups in total. The van der Waals surface area contributed by atoms with Gasteiger partial charge in [0.05, 0.1) is 0 Å². The van der Waals surface area contributed by atoms with Gasteiger partial charge in [0.15, 0.2) is 0 Å². The second kappa shape index (κ2) is 7.17. The summed E-state index contributed by atoms with van der Waals surface area (Å²) in [5.74, 6) is 0.206. The van der Waals surface area contributed by atoms with Crippen LogP contribution in [0.5, 0.6) is 0 Å². The van der Waals surface area contributed by atoms with Crippen LogP contribution in [0.4, 0.5) is 0 Å². The third kappa shape index (κ3) is 4.34. The van der Waals surface area contributed by atoms with Crippen LogP contribution < -0.4 is 11.1 Å². The quantitative estimate of drug-likeness (QED) is 0.641. The van der Waals surface area contributed by atoms with Crippen molar-refractivity contribution >= 4 is 17.7 Å². The lowest BCUT2D eigenvalue weighted by Gasteiger charge is -2.40. The van der Waals surface area contributed by atoms with E-state index in [0.29, 0.717) is 11.2 Å². The predicted octanol–water partition coefficient (Wildman–Crippen LogP) is 1.91. The number of thioether (sulfide) groups is 1. The molecule has 0 atom stereocenters. The summed E-state index contributed by atoms with van der Waals surface area (Å²) in [6.45, 7) is 1.58. The van der Waals surface area contributed by atoms with Gasteiger partial charge in [-0.2, -0.15) is 11.8 Å². The second-order valence-corrected chi connectivity index (χ2v) is 5.89. The Hall–Kier alpha value is -0.220. The van der Waals surface area contributed by atoms with E-state index in [2.05, 4.69) is 11.6 Å². The average molecular weight is 244 g/mol. The number of unbranched alkanes of at least 4 members (excludes halogenated alkanes) is 2. The number of nitrogens with one attached hydrogen (secondary N) is 1. The molecule has 1 rings (SSSR count). The van der Waals surface area contributed by atoms with Gasteiger partial charge in [0.2, 0.25) is 5.91 Å². The predicted molar refractivity (Wildman–Crippen MR) is 70.6 cm³/mol. The zero-order valence-corrected chi connectivity index (χ0v) is 11.1. The first-order valence-electron chi connectivity index (χ1n) is 6.24. The zero-order chi connectivity index (χ0) is 11.9. The molecule has 0 aromatic rings. The summed E-state index contributed by atoms with van der Waals surface area (Å²) in [7, 11) is 0. The van der Waals surface area contributed by atoms with Gasteiger partial charge in [-0.1, -0.05) is 12.8 Å². The van der Waals surface area contributed by atoms with Gasteiger partial charge >= 0.3 is 0 Å². The molecule has 3 nitrogen and oxygen atoms in total. The molecule has 16 heavy (non-hydrogen) atoms. The summed E-state index contributed by atoms with van der Waals surface area (Å²) in [4.78, 5) is 11.6. The van der Waals surface area contributed by atoms with Gasteiger partial charge in [0.1, 0.15) is 0 Å². The van der Waals surface area contributed by atoms with E-state index < -0.39 is 0 Å². The molecule has 0 saturated heterocycles. The van der Waals surface area contributed by atoms with Crippen molar-refractivity contribution in [1.29, 1.82) is 0 Å². The first-order chi connectivity index (χ1) is 7.72. The minimum Gasteiger partial charge on any atom is -0.355 e. The van der Waals surface area contributed by atoms with E-state index >= 15 is 0 Å². The van der Waals surface area contributed by atoms with Crippen LogP contribution in [0.25, 0.3) is 0 Å². The molecule has 0 heterocycles. The van der Waals surface area contributed by atoms with Crippen LogP contribution in [-0.2, 0) is 4.79 Å². The van der Waals surface area contributed by atoms with Gasteiger partial charge in [0.25, 0.3) is 0 Å². The lowest BCUT2D eigenvalue weighted by molar-refractivity contribution is -0.121. The smallest absolute Gasteiger partial charge is 0.220 e. The number of carbonyl (C=O) groups excluding carboxylic acids is 1. The van der Waals surface area contributed by atoms with Crippen LogP contribution in [0.3, 0.4) is 0 Å². The maximum absolute atomic E-state index is 11.6. The third-order valence-electron chi connectivity index (χ3n) is 3.41. The molecule has 1 amide bonds. The number of hydrogen-bond donors (Lipinski definition) is 2. The number of hydrogen-bond acceptors (Lipinski definition) is 3. The van der Waals surface area contributed by atoms with Crippen LogP contribution >= 0.6 is 11.8 Å². The summed E-state index contributed by atoms with van der Waals surface area (Å²) in [5, 5.41) is 3.06.